The minimum atomic E-state index is -4.67. The van der Waals surface area contributed by atoms with E-state index in [0.29, 0.717) is 0 Å². The molecule has 2 N–H and O–H groups in total. The zero-order valence-corrected chi connectivity index (χ0v) is 7.12. The van der Waals surface area contributed by atoms with Crippen LogP contribution < -0.4 is 0 Å². The number of rotatable bonds is 0. The quantitative estimate of drug-likeness (QED) is 0.472. The predicted octanol–water partition coefficient (Wildman–Crippen LogP) is -1.19. The van der Waals surface area contributed by atoms with Crippen LogP contribution >= 0.6 is 0 Å². The Morgan fingerprint density at radius 3 is 1.17 bits per heavy atom. The van der Waals surface area contributed by atoms with Crippen LogP contribution in [0.4, 0.5) is 0 Å². The van der Waals surface area contributed by atoms with Gasteiger partial charge >= 0.3 is 36.6 Å². The van der Waals surface area contributed by atoms with Gasteiger partial charge in [0.1, 0.15) is 0 Å². The van der Waals surface area contributed by atoms with Crippen LogP contribution in [0.3, 0.4) is 0 Å². The average Bonchev–Trinajstić information content (AvgIpc) is 0.722. The van der Waals surface area contributed by atoms with Crippen LogP contribution in [0.15, 0.2) is 0 Å². The SMILES string of the molecule is O=S(=O)(O)O.[ZrH2]. The van der Waals surface area contributed by atoms with Crippen LogP contribution in [0.5, 0.6) is 0 Å². The first kappa shape index (κ1) is 9.89. The topological polar surface area (TPSA) is 74.6 Å². The van der Waals surface area contributed by atoms with Crippen molar-refractivity contribution in [2.45, 2.75) is 0 Å². The molecule has 4 nitrogen and oxygen atoms in total. The Labute approximate surface area is 54.3 Å². The van der Waals surface area contributed by atoms with E-state index >= 15 is 0 Å². The summed E-state index contributed by atoms with van der Waals surface area (Å²) in [6.45, 7) is 0. The molecular weight excluding hydrogens is 187 g/mol. The molecule has 0 radical (unpaired) electrons. The molecule has 0 saturated heterocycles. The van der Waals surface area contributed by atoms with Crippen molar-refractivity contribution < 1.29 is 43.7 Å². The van der Waals surface area contributed by atoms with Crippen molar-refractivity contribution in [1.82, 2.24) is 0 Å². The van der Waals surface area contributed by atoms with E-state index in [1.54, 1.807) is 0 Å². The summed E-state index contributed by atoms with van der Waals surface area (Å²) in [5.74, 6) is 0. The Morgan fingerprint density at radius 2 is 1.17 bits per heavy atom. The first-order valence-corrected chi connectivity index (χ1v) is 2.10. The summed E-state index contributed by atoms with van der Waals surface area (Å²) in [7, 11) is -4.67. The average molecular weight is 191 g/mol. The fraction of sp³-hybridized carbons (Fsp3) is 0. The van der Waals surface area contributed by atoms with Crippen LogP contribution in [-0.4, -0.2) is 17.5 Å². The van der Waals surface area contributed by atoms with Crippen LogP contribution in [0.2, 0.25) is 0 Å². The van der Waals surface area contributed by atoms with E-state index in [4.69, 9.17) is 17.5 Å². The molecule has 0 unspecified atom stereocenters. The summed E-state index contributed by atoms with van der Waals surface area (Å²) < 4.78 is 31.6. The van der Waals surface area contributed by atoms with Gasteiger partial charge in [-0.2, -0.15) is 8.42 Å². The molecule has 0 aromatic rings. The molecule has 6 heavy (non-hydrogen) atoms. The molecule has 0 atom stereocenters. The van der Waals surface area contributed by atoms with Gasteiger partial charge in [-0.05, 0) is 0 Å². The van der Waals surface area contributed by atoms with E-state index in [-0.39, 0.29) is 26.2 Å². The van der Waals surface area contributed by atoms with Crippen LogP contribution in [0.25, 0.3) is 0 Å². The van der Waals surface area contributed by atoms with Crippen molar-refractivity contribution in [2.24, 2.45) is 0 Å². The zero-order valence-electron chi connectivity index (χ0n) is 2.83. The molecule has 0 aromatic carbocycles. The Balaban J connectivity index is 0. The molecule has 0 rings (SSSR count). The fourth-order valence-electron chi connectivity index (χ4n) is 0. The second kappa shape index (κ2) is 2.85. The van der Waals surface area contributed by atoms with E-state index in [1.807, 2.05) is 0 Å². The Kier molecular flexibility index (Phi) is 4.70. The van der Waals surface area contributed by atoms with E-state index in [2.05, 4.69) is 0 Å². The van der Waals surface area contributed by atoms with Gasteiger partial charge in [-0.15, -0.1) is 0 Å². The molecule has 0 fully saturated rings. The molecule has 38 valence electrons. The third-order valence-electron chi connectivity index (χ3n) is 0. The molecule has 0 aromatic heterocycles. The summed E-state index contributed by atoms with van der Waals surface area (Å²) in [5, 5.41) is 0. The number of hydrogen-bond donors (Lipinski definition) is 2. The van der Waals surface area contributed by atoms with Gasteiger partial charge in [0.15, 0.2) is 0 Å². The number of hydrogen-bond acceptors (Lipinski definition) is 2. The molecular formula is H4O4SZr. The third kappa shape index (κ3) is 118. The summed E-state index contributed by atoms with van der Waals surface area (Å²) in [6, 6.07) is 0. The van der Waals surface area contributed by atoms with Gasteiger partial charge in [0, 0.05) is 0 Å². The van der Waals surface area contributed by atoms with Crippen molar-refractivity contribution in [1.29, 1.82) is 0 Å². The van der Waals surface area contributed by atoms with Crippen molar-refractivity contribution in [3.05, 3.63) is 0 Å². The molecule has 0 aliphatic rings. The Bertz CT molecular complexity index is 90.7. The maximum atomic E-state index is 8.74. The van der Waals surface area contributed by atoms with Crippen LogP contribution in [0, 0.1) is 0 Å². The first-order valence-electron chi connectivity index (χ1n) is 0.698. The molecule has 0 saturated carbocycles. The van der Waals surface area contributed by atoms with Crippen LogP contribution in [-0.2, 0) is 36.6 Å². The second-order valence-electron chi connectivity index (χ2n) is 0.448. The monoisotopic (exact) mass is 190 g/mol. The summed E-state index contributed by atoms with van der Waals surface area (Å²) in [6.07, 6.45) is 0. The molecule has 0 amide bonds. The van der Waals surface area contributed by atoms with Gasteiger partial charge in [0.2, 0.25) is 0 Å². The second-order valence-corrected chi connectivity index (χ2v) is 1.34. The summed E-state index contributed by atoms with van der Waals surface area (Å²) in [5.41, 5.74) is 0. The minimum absolute atomic E-state index is 0. The van der Waals surface area contributed by atoms with Gasteiger partial charge in [-0.25, -0.2) is 0 Å². The summed E-state index contributed by atoms with van der Waals surface area (Å²) in [4.78, 5) is 0. The van der Waals surface area contributed by atoms with E-state index in [0.717, 1.165) is 0 Å². The summed E-state index contributed by atoms with van der Waals surface area (Å²) >= 11 is 0. The predicted molar refractivity (Wildman–Crippen MR) is 17.0 cm³/mol. The van der Waals surface area contributed by atoms with Crippen molar-refractivity contribution in [2.75, 3.05) is 0 Å². The third-order valence-corrected chi connectivity index (χ3v) is 0. The standard InChI is InChI=1S/H2O4S.Zr.2H/c1-5(2,3)4;;;/h(H2,1,2,3,4);;;. The van der Waals surface area contributed by atoms with E-state index in [9.17, 15) is 0 Å². The van der Waals surface area contributed by atoms with Gasteiger partial charge in [-0.3, -0.25) is 9.11 Å². The normalized spacial score (nSPS) is 9.67. The Morgan fingerprint density at radius 1 is 1.17 bits per heavy atom. The van der Waals surface area contributed by atoms with E-state index < -0.39 is 10.4 Å². The van der Waals surface area contributed by atoms with Gasteiger partial charge in [0.05, 0.1) is 0 Å². The van der Waals surface area contributed by atoms with Gasteiger partial charge in [-0.1, -0.05) is 0 Å². The fourth-order valence-corrected chi connectivity index (χ4v) is 0. The van der Waals surface area contributed by atoms with Gasteiger partial charge in [0.25, 0.3) is 0 Å². The van der Waals surface area contributed by atoms with Gasteiger partial charge < -0.3 is 0 Å². The van der Waals surface area contributed by atoms with Crippen molar-refractivity contribution in [3.8, 4) is 0 Å². The van der Waals surface area contributed by atoms with E-state index in [1.165, 1.54) is 0 Å². The van der Waals surface area contributed by atoms with Crippen LogP contribution in [0.1, 0.15) is 0 Å². The molecule has 6 heteroatoms. The Hall–Kier alpha value is 0.753. The molecule has 0 spiro atoms. The molecule has 0 aliphatic carbocycles. The molecule has 0 heterocycles. The maximum absolute atomic E-state index is 8.74. The van der Waals surface area contributed by atoms with Crippen molar-refractivity contribution in [3.63, 3.8) is 0 Å². The zero-order chi connectivity index (χ0) is 4.50. The molecule has 0 bridgehead atoms. The first-order chi connectivity index (χ1) is 2.00. The molecule has 0 aliphatic heterocycles. The van der Waals surface area contributed by atoms with Crippen molar-refractivity contribution >= 4 is 10.4 Å².